The van der Waals surface area contributed by atoms with Gasteiger partial charge in [-0.25, -0.2) is 0 Å². The van der Waals surface area contributed by atoms with Crippen molar-refractivity contribution in [1.29, 1.82) is 0 Å². The summed E-state index contributed by atoms with van der Waals surface area (Å²) in [5.41, 5.74) is 0.563. The van der Waals surface area contributed by atoms with Crippen molar-refractivity contribution in [3.63, 3.8) is 0 Å². The van der Waals surface area contributed by atoms with Crippen molar-refractivity contribution >= 4 is 35.0 Å². The molecule has 2 aromatic rings. The van der Waals surface area contributed by atoms with E-state index in [-0.39, 0.29) is 25.1 Å². The molecule has 0 saturated carbocycles. The molecule has 0 aliphatic carbocycles. The molecule has 2 aromatic carbocycles. The lowest BCUT2D eigenvalue weighted by Gasteiger charge is -2.31. The van der Waals surface area contributed by atoms with E-state index < -0.39 is 11.9 Å². The quantitative estimate of drug-likeness (QED) is 0.486. The van der Waals surface area contributed by atoms with Gasteiger partial charge in [0.25, 0.3) is 5.91 Å². The number of hydrogen-bond donors (Lipinski definition) is 1. The summed E-state index contributed by atoms with van der Waals surface area (Å²) in [6.45, 7) is 5.32. The van der Waals surface area contributed by atoms with Gasteiger partial charge in [0.2, 0.25) is 5.91 Å². The second-order valence-corrected chi connectivity index (χ2v) is 8.46. The monoisotopic (exact) mass is 496 g/mol. The van der Waals surface area contributed by atoms with Crippen LogP contribution in [0, 0.1) is 0 Å². The van der Waals surface area contributed by atoms with Crippen LogP contribution in [0.2, 0.25) is 10.0 Å². The van der Waals surface area contributed by atoms with E-state index in [9.17, 15) is 9.59 Å². The molecule has 0 radical (unpaired) electrons. The third-order valence-electron chi connectivity index (χ3n) is 4.89. The molecule has 7 nitrogen and oxygen atoms in total. The van der Waals surface area contributed by atoms with Crippen LogP contribution >= 0.6 is 23.2 Å². The number of carbonyl (C=O) groups excluding carboxylic acids is 2. The number of rotatable bonds is 11. The molecule has 2 amide bonds. The van der Waals surface area contributed by atoms with Gasteiger partial charge in [0.15, 0.2) is 6.61 Å². The maximum Gasteiger partial charge on any atom is 0.261 e. The van der Waals surface area contributed by atoms with Crippen LogP contribution in [0.5, 0.6) is 17.2 Å². The van der Waals surface area contributed by atoms with Gasteiger partial charge in [-0.3, -0.25) is 9.59 Å². The highest BCUT2D eigenvalue weighted by Gasteiger charge is 2.30. The van der Waals surface area contributed by atoms with Crippen LogP contribution in [0.15, 0.2) is 36.4 Å². The summed E-state index contributed by atoms with van der Waals surface area (Å²) < 4.78 is 16.2. The summed E-state index contributed by atoms with van der Waals surface area (Å²) in [6, 6.07) is 9.30. The zero-order valence-corrected chi connectivity index (χ0v) is 21.0. The highest BCUT2D eigenvalue weighted by molar-refractivity contribution is 6.36. The van der Waals surface area contributed by atoms with Crippen LogP contribution in [-0.2, 0) is 16.1 Å². The smallest absolute Gasteiger partial charge is 0.261 e. The fourth-order valence-corrected chi connectivity index (χ4v) is 3.76. The predicted molar refractivity (Wildman–Crippen MR) is 129 cm³/mol. The van der Waals surface area contributed by atoms with E-state index in [0.717, 1.165) is 0 Å². The Hall–Kier alpha value is -2.64. The Morgan fingerprint density at radius 1 is 1.00 bits per heavy atom. The van der Waals surface area contributed by atoms with Gasteiger partial charge in [-0.05, 0) is 32.4 Å². The summed E-state index contributed by atoms with van der Waals surface area (Å²) in [5, 5.41) is 3.70. The molecule has 0 aliphatic rings. The summed E-state index contributed by atoms with van der Waals surface area (Å²) in [7, 11) is 3.05. The van der Waals surface area contributed by atoms with Crippen LogP contribution < -0.4 is 19.5 Å². The minimum Gasteiger partial charge on any atom is -0.496 e. The maximum absolute atomic E-state index is 13.3. The number of hydrogen-bond acceptors (Lipinski definition) is 5. The molecular weight excluding hydrogens is 467 g/mol. The lowest BCUT2D eigenvalue weighted by atomic mass is 10.1. The van der Waals surface area contributed by atoms with E-state index in [1.165, 1.54) is 19.1 Å². The number of methoxy groups -OCH3 is 2. The van der Waals surface area contributed by atoms with E-state index >= 15 is 0 Å². The number of nitrogens with zero attached hydrogens (tertiary/aromatic N) is 1. The van der Waals surface area contributed by atoms with E-state index in [2.05, 4.69) is 5.32 Å². The molecule has 180 valence electrons. The average Bonchev–Trinajstić information content (AvgIpc) is 2.78. The van der Waals surface area contributed by atoms with Gasteiger partial charge in [-0.15, -0.1) is 0 Å². The maximum atomic E-state index is 13.3. The first-order chi connectivity index (χ1) is 15.7. The first-order valence-corrected chi connectivity index (χ1v) is 11.3. The van der Waals surface area contributed by atoms with Gasteiger partial charge < -0.3 is 24.4 Å². The van der Waals surface area contributed by atoms with Gasteiger partial charge in [-0.2, -0.15) is 0 Å². The summed E-state index contributed by atoms with van der Waals surface area (Å²) >= 11 is 12.7. The number of amides is 2. The minimum absolute atomic E-state index is 0.0617. The van der Waals surface area contributed by atoms with Gasteiger partial charge in [0.1, 0.15) is 23.3 Å². The molecular formula is C24H30Cl2N2O5. The van der Waals surface area contributed by atoms with Crippen LogP contribution in [0.25, 0.3) is 0 Å². The van der Waals surface area contributed by atoms with Crippen molar-refractivity contribution in [3.05, 3.63) is 52.0 Å². The molecule has 0 bridgehead atoms. The Labute approximate surface area is 204 Å². The standard InChI is InChI=1S/C24H30Cl2N2O5/c1-6-22(24(30)27-15(2)3)28(13-19-20(25)8-7-9-21(19)26)23(29)14-33-18-11-16(31-4)10-17(12-18)32-5/h7-12,15,22H,6,13-14H2,1-5H3,(H,27,30)/t22-/m0/s1. The first kappa shape index (κ1) is 26.6. The van der Waals surface area contributed by atoms with Gasteiger partial charge >= 0.3 is 0 Å². The Morgan fingerprint density at radius 2 is 1.55 bits per heavy atom. The zero-order valence-electron chi connectivity index (χ0n) is 19.5. The van der Waals surface area contributed by atoms with Crippen molar-refractivity contribution in [1.82, 2.24) is 10.2 Å². The molecule has 0 unspecified atom stereocenters. The number of nitrogens with one attached hydrogen (secondary N) is 1. The fourth-order valence-electron chi connectivity index (χ4n) is 3.25. The molecule has 0 saturated heterocycles. The van der Waals surface area contributed by atoms with Crippen LogP contribution in [-0.4, -0.2) is 49.6 Å². The average molecular weight is 497 g/mol. The summed E-state index contributed by atoms with van der Waals surface area (Å²) in [5.74, 6) is 0.805. The largest absolute Gasteiger partial charge is 0.496 e. The molecule has 0 aromatic heterocycles. The van der Waals surface area contributed by atoms with Crippen molar-refractivity contribution in [2.24, 2.45) is 0 Å². The summed E-state index contributed by atoms with van der Waals surface area (Å²) in [4.78, 5) is 27.6. The number of benzene rings is 2. The third-order valence-corrected chi connectivity index (χ3v) is 5.60. The molecule has 9 heteroatoms. The topological polar surface area (TPSA) is 77.1 Å². The van der Waals surface area contributed by atoms with Crippen LogP contribution in [0.3, 0.4) is 0 Å². The molecule has 1 atom stereocenters. The minimum atomic E-state index is -0.726. The van der Waals surface area contributed by atoms with Gasteiger partial charge in [-0.1, -0.05) is 36.2 Å². The normalized spacial score (nSPS) is 11.6. The SMILES string of the molecule is CC[C@@H](C(=O)NC(C)C)N(Cc1c(Cl)cccc1Cl)C(=O)COc1cc(OC)cc(OC)c1. The van der Waals surface area contributed by atoms with Gasteiger partial charge in [0, 0.05) is 46.4 Å². The fraction of sp³-hybridized carbons (Fsp3) is 0.417. The van der Waals surface area contributed by atoms with Crippen molar-refractivity contribution in [2.45, 2.75) is 45.8 Å². The van der Waals surface area contributed by atoms with E-state index in [4.69, 9.17) is 37.4 Å². The molecule has 2 rings (SSSR count). The molecule has 0 fully saturated rings. The lowest BCUT2D eigenvalue weighted by molar-refractivity contribution is -0.143. The molecule has 1 N–H and O–H groups in total. The van der Waals surface area contributed by atoms with Crippen molar-refractivity contribution in [2.75, 3.05) is 20.8 Å². The first-order valence-electron chi connectivity index (χ1n) is 10.6. The third kappa shape index (κ3) is 7.44. The van der Waals surface area contributed by atoms with E-state index in [1.807, 2.05) is 20.8 Å². The number of carbonyl (C=O) groups is 2. The second kappa shape index (κ2) is 12.6. The second-order valence-electron chi connectivity index (χ2n) is 7.65. The predicted octanol–water partition coefficient (Wildman–Crippen LogP) is 4.72. The number of ether oxygens (including phenoxy) is 3. The summed E-state index contributed by atoms with van der Waals surface area (Å²) in [6.07, 6.45) is 0.402. The van der Waals surface area contributed by atoms with Crippen LogP contribution in [0.1, 0.15) is 32.8 Å². The van der Waals surface area contributed by atoms with Gasteiger partial charge in [0.05, 0.1) is 14.2 Å². The molecule has 0 heterocycles. The Bertz CT molecular complexity index is 925. The number of halogens is 2. The highest BCUT2D eigenvalue weighted by Crippen LogP contribution is 2.29. The Morgan fingerprint density at radius 3 is 2.03 bits per heavy atom. The van der Waals surface area contributed by atoms with Crippen molar-refractivity contribution < 1.29 is 23.8 Å². The lowest BCUT2D eigenvalue weighted by Crippen LogP contribution is -2.51. The Balaban J connectivity index is 2.31. The molecule has 0 aliphatic heterocycles. The van der Waals surface area contributed by atoms with E-state index in [1.54, 1.807) is 36.4 Å². The van der Waals surface area contributed by atoms with Crippen LogP contribution in [0.4, 0.5) is 0 Å². The molecule has 33 heavy (non-hydrogen) atoms. The highest BCUT2D eigenvalue weighted by atomic mass is 35.5. The molecule has 0 spiro atoms. The van der Waals surface area contributed by atoms with Crippen molar-refractivity contribution in [3.8, 4) is 17.2 Å². The zero-order chi connectivity index (χ0) is 24.5. The Kier molecular flexibility index (Phi) is 10.1. The van der Waals surface area contributed by atoms with E-state index in [0.29, 0.717) is 39.3 Å².